The van der Waals surface area contributed by atoms with E-state index < -0.39 is 16.2 Å². The van der Waals surface area contributed by atoms with Crippen molar-refractivity contribution < 1.29 is 14.4 Å². The number of likely N-dealkylation sites (tertiary alicyclic amines) is 1. The highest BCUT2D eigenvalue weighted by Crippen LogP contribution is 2.66. The maximum atomic E-state index is 14.1. The Morgan fingerprint density at radius 1 is 0.711 bits per heavy atom. The van der Waals surface area contributed by atoms with Crippen molar-refractivity contribution >= 4 is 45.0 Å². The molecule has 1 saturated heterocycles. The second-order valence-electron chi connectivity index (χ2n) is 10.0. The van der Waals surface area contributed by atoms with Gasteiger partial charge in [-0.15, -0.1) is 0 Å². The lowest BCUT2D eigenvalue weighted by Gasteiger charge is -2.51. The summed E-state index contributed by atoms with van der Waals surface area (Å²) in [6.07, 6.45) is 0. The number of carbonyl (C=O) groups excluding carboxylic acids is 3. The van der Waals surface area contributed by atoms with Crippen LogP contribution in [0.1, 0.15) is 28.2 Å². The third-order valence-electron chi connectivity index (χ3n) is 8.18. The second kappa shape index (κ2) is 8.50. The largest absolute Gasteiger partial charge is 0.280 e. The van der Waals surface area contributed by atoms with Gasteiger partial charge in [0.05, 0.1) is 16.2 Å². The van der Waals surface area contributed by atoms with Gasteiger partial charge in [-0.2, -0.15) is 0 Å². The number of benzene rings is 4. The molecule has 1 aliphatic heterocycles. The molecule has 3 aliphatic carbocycles. The van der Waals surface area contributed by atoms with Crippen molar-refractivity contribution in [3.8, 4) is 0 Å². The van der Waals surface area contributed by atoms with E-state index in [0.717, 1.165) is 22.3 Å². The Hall–Kier alpha value is -4.03. The molecule has 6 heteroatoms. The molecular formula is C32H23BrN2O3. The van der Waals surface area contributed by atoms with E-state index in [9.17, 15) is 14.4 Å². The topological polar surface area (TPSA) is 57.7 Å². The number of rotatable bonds is 4. The van der Waals surface area contributed by atoms with Crippen LogP contribution in [0.4, 0.5) is 11.4 Å². The minimum absolute atomic E-state index is 0.234. The van der Waals surface area contributed by atoms with Crippen molar-refractivity contribution in [2.75, 3.05) is 11.4 Å². The molecule has 3 amide bonds. The van der Waals surface area contributed by atoms with Gasteiger partial charge in [0.1, 0.15) is 6.54 Å². The van der Waals surface area contributed by atoms with Crippen molar-refractivity contribution in [1.82, 2.24) is 4.90 Å². The predicted molar refractivity (Wildman–Crippen MR) is 148 cm³/mol. The lowest BCUT2D eigenvalue weighted by molar-refractivity contribution is -0.143. The summed E-state index contributed by atoms with van der Waals surface area (Å²) in [7, 11) is 0. The normalized spacial score (nSPS) is 24.6. The van der Waals surface area contributed by atoms with Gasteiger partial charge in [0.15, 0.2) is 0 Å². The quantitative estimate of drug-likeness (QED) is 0.235. The molecule has 0 spiro atoms. The van der Waals surface area contributed by atoms with E-state index in [1.54, 1.807) is 4.90 Å². The molecule has 4 aliphatic rings. The van der Waals surface area contributed by atoms with Crippen LogP contribution in [0.2, 0.25) is 0 Å². The molecule has 8 rings (SSSR count). The van der Waals surface area contributed by atoms with Crippen LogP contribution in [0.3, 0.4) is 0 Å². The number of hydrogen-bond acceptors (Lipinski definition) is 3. The number of imide groups is 1. The van der Waals surface area contributed by atoms with Gasteiger partial charge in [-0.25, -0.2) is 0 Å². The highest BCUT2D eigenvalue weighted by Gasteiger charge is 2.67. The van der Waals surface area contributed by atoms with Crippen molar-refractivity contribution in [1.29, 1.82) is 0 Å². The lowest BCUT2D eigenvalue weighted by Crippen LogP contribution is -2.50. The van der Waals surface area contributed by atoms with E-state index in [0.29, 0.717) is 11.4 Å². The van der Waals surface area contributed by atoms with Gasteiger partial charge >= 0.3 is 0 Å². The number of alkyl halides is 1. The molecule has 0 saturated carbocycles. The molecule has 186 valence electrons. The number of hydrogen-bond donors (Lipinski definition) is 0. The zero-order valence-corrected chi connectivity index (χ0v) is 21.9. The molecule has 0 aromatic heterocycles. The average molecular weight is 563 g/mol. The molecule has 5 nitrogen and oxygen atoms in total. The Labute approximate surface area is 228 Å². The maximum absolute atomic E-state index is 14.1. The van der Waals surface area contributed by atoms with Crippen LogP contribution in [-0.2, 0) is 18.7 Å². The zero-order chi connectivity index (χ0) is 26.0. The first-order valence-corrected chi connectivity index (χ1v) is 13.5. The SMILES string of the molecule is O=C1[C@H]2C3c4ccccc4C(Br)(c4ccccc43)[C@H]2C(=O)N1CC(=O)N(c1ccccc1)c1ccccc1. The Kier molecular flexibility index (Phi) is 5.17. The second-order valence-corrected chi connectivity index (χ2v) is 11.3. The van der Waals surface area contributed by atoms with Crippen molar-refractivity contribution in [3.05, 3.63) is 131 Å². The third-order valence-corrected chi connectivity index (χ3v) is 9.52. The fraction of sp³-hybridized carbons (Fsp3) is 0.156. The number of amides is 3. The summed E-state index contributed by atoms with van der Waals surface area (Å²) < 4.78 is -0.831. The van der Waals surface area contributed by atoms with Gasteiger partial charge in [0, 0.05) is 17.3 Å². The maximum Gasteiger partial charge on any atom is 0.251 e. The summed E-state index contributed by atoms with van der Waals surface area (Å²) in [6, 6.07) is 34.7. The highest BCUT2D eigenvalue weighted by molar-refractivity contribution is 9.09. The number of para-hydroxylation sites is 2. The first-order chi connectivity index (χ1) is 18.5. The smallest absolute Gasteiger partial charge is 0.251 e. The highest BCUT2D eigenvalue weighted by atomic mass is 79.9. The molecule has 0 radical (unpaired) electrons. The first-order valence-electron chi connectivity index (χ1n) is 12.7. The monoisotopic (exact) mass is 562 g/mol. The van der Waals surface area contributed by atoms with E-state index >= 15 is 0 Å². The van der Waals surface area contributed by atoms with Gasteiger partial charge in [-0.3, -0.25) is 24.2 Å². The average Bonchev–Trinajstić information content (AvgIpc) is 3.21. The molecule has 2 bridgehead atoms. The molecule has 1 heterocycles. The third kappa shape index (κ3) is 3.07. The van der Waals surface area contributed by atoms with E-state index in [1.165, 1.54) is 4.90 Å². The summed E-state index contributed by atoms with van der Waals surface area (Å²) in [5, 5.41) is 0. The van der Waals surface area contributed by atoms with E-state index in [1.807, 2.05) is 97.1 Å². The predicted octanol–water partition coefficient (Wildman–Crippen LogP) is 5.75. The molecule has 0 unspecified atom stereocenters. The Bertz CT molecular complexity index is 1520. The van der Waals surface area contributed by atoms with Crippen molar-refractivity contribution in [2.45, 2.75) is 10.2 Å². The number of anilines is 2. The van der Waals surface area contributed by atoms with Gasteiger partial charge in [-0.05, 0) is 46.5 Å². The van der Waals surface area contributed by atoms with E-state index in [4.69, 9.17) is 0 Å². The van der Waals surface area contributed by atoms with Crippen LogP contribution in [0.5, 0.6) is 0 Å². The minimum atomic E-state index is -0.831. The van der Waals surface area contributed by atoms with Gasteiger partial charge in [0.2, 0.25) is 11.8 Å². The molecule has 4 aromatic carbocycles. The van der Waals surface area contributed by atoms with Gasteiger partial charge < -0.3 is 0 Å². The van der Waals surface area contributed by atoms with Crippen LogP contribution in [-0.4, -0.2) is 29.2 Å². The standard InChI is InChI=1S/C32H23BrN2O3/c33-32-24-17-9-7-15-22(24)27(23-16-8-10-18-25(23)32)28-29(32)31(38)34(30(28)37)19-26(36)35(20-11-3-1-4-12-20)21-13-5-2-6-14-21/h1-18,27-29H,19H2/t27?,28-,29+,32?/m0/s1. The Balaban J connectivity index is 1.30. The van der Waals surface area contributed by atoms with Crippen molar-refractivity contribution in [2.24, 2.45) is 11.8 Å². The van der Waals surface area contributed by atoms with Crippen LogP contribution < -0.4 is 4.90 Å². The summed E-state index contributed by atoms with van der Waals surface area (Å²) in [5.41, 5.74) is 5.53. The minimum Gasteiger partial charge on any atom is -0.280 e. The van der Waals surface area contributed by atoms with Crippen LogP contribution in [0.25, 0.3) is 0 Å². The van der Waals surface area contributed by atoms with E-state index in [-0.39, 0.29) is 30.2 Å². The lowest BCUT2D eigenvalue weighted by atomic mass is 9.55. The van der Waals surface area contributed by atoms with Crippen molar-refractivity contribution in [3.63, 3.8) is 0 Å². The van der Waals surface area contributed by atoms with Gasteiger partial charge in [-0.1, -0.05) is 101 Å². The molecule has 1 fully saturated rings. The Morgan fingerprint density at radius 2 is 1.18 bits per heavy atom. The molecular weight excluding hydrogens is 540 g/mol. The Morgan fingerprint density at radius 3 is 1.71 bits per heavy atom. The first kappa shape index (κ1) is 23.1. The van der Waals surface area contributed by atoms with Gasteiger partial charge in [0.25, 0.3) is 5.91 Å². The van der Waals surface area contributed by atoms with E-state index in [2.05, 4.69) is 28.1 Å². The van der Waals surface area contributed by atoms with Crippen LogP contribution >= 0.6 is 15.9 Å². The van der Waals surface area contributed by atoms with Crippen LogP contribution in [0, 0.1) is 11.8 Å². The molecule has 4 aromatic rings. The molecule has 38 heavy (non-hydrogen) atoms. The summed E-state index contributed by atoms with van der Waals surface area (Å²) in [5.74, 6) is -2.36. The molecule has 2 atom stereocenters. The zero-order valence-electron chi connectivity index (χ0n) is 20.3. The number of nitrogens with zero attached hydrogens (tertiary/aromatic N) is 2. The summed E-state index contributed by atoms with van der Waals surface area (Å²) >= 11 is 4.01. The summed E-state index contributed by atoms with van der Waals surface area (Å²) in [4.78, 5) is 44.8. The number of carbonyl (C=O) groups is 3. The van der Waals surface area contributed by atoms with Crippen LogP contribution in [0.15, 0.2) is 109 Å². The molecule has 0 N–H and O–H groups in total. The fourth-order valence-corrected chi connectivity index (χ4v) is 7.89. The number of halogens is 1. The fourth-order valence-electron chi connectivity index (χ4n) is 6.69. The summed E-state index contributed by atoms with van der Waals surface area (Å²) in [6.45, 7) is -0.322.